The number of carbonyl (C=O) groups excluding carboxylic acids is 7. The van der Waals surface area contributed by atoms with Crippen LogP contribution in [0.4, 0.5) is 0 Å². The molecule has 16 nitrogen and oxygen atoms in total. The number of aliphatic hydroxyl groups is 2. The van der Waals surface area contributed by atoms with E-state index < -0.39 is 124 Å². The number of aliphatic hydroxyl groups excluding tert-OH is 1. The van der Waals surface area contributed by atoms with Gasteiger partial charge in [-0.1, -0.05) is 86.7 Å². The van der Waals surface area contributed by atoms with Crippen molar-refractivity contribution in [2.75, 3.05) is 6.61 Å². The summed E-state index contributed by atoms with van der Waals surface area (Å²) in [7, 11) is 0. The van der Waals surface area contributed by atoms with Gasteiger partial charge < -0.3 is 44.0 Å². The van der Waals surface area contributed by atoms with Crippen molar-refractivity contribution in [1.82, 2.24) is 5.32 Å². The van der Waals surface area contributed by atoms with Crippen molar-refractivity contribution in [3.8, 4) is 0 Å². The van der Waals surface area contributed by atoms with Gasteiger partial charge in [0.2, 0.25) is 0 Å². The summed E-state index contributed by atoms with van der Waals surface area (Å²) >= 11 is 0. The van der Waals surface area contributed by atoms with Crippen LogP contribution >= 0.6 is 0 Å². The number of rotatable bonds is 13. The Morgan fingerprint density at radius 2 is 1.45 bits per heavy atom. The van der Waals surface area contributed by atoms with Gasteiger partial charge in [-0.25, -0.2) is 14.4 Å². The smallest absolute Gasteiger partial charge is 0.338 e. The molecule has 1 amide bonds. The molecule has 1 saturated heterocycles. The Labute approximate surface area is 399 Å². The largest absolute Gasteiger partial charge is 0.461 e. The van der Waals surface area contributed by atoms with E-state index in [9.17, 15) is 39.0 Å². The Bertz CT molecular complexity index is 2570. The first-order chi connectivity index (χ1) is 32.8. The van der Waals surface area contributed by atoms with Gasteiger partial charge in [0.1, 0.15) is 30.0 Å². The highest BCUT2D eigenvalue weighted by Gasteiger charge is 2.79. The van der Waals surface area contributed by atoms with Crippen molar-refractivity contribution in [3.63, 3.8) is 0 Å². The molecule has 16 heteroatoms. The van der Waals surface area contributed by atoms with Crippen molar-refractivity contribution in [3.05, 3.63) is 131 Å². The second-order valence-corrected chi connectivity index (χ2v) is 19.4. The Morgan fingerprint density at radius 1 is 0.841 bits per heavy atom. The molecule has 0 aromatic heterocycles. The molecule has 1 aliphatic heterocycles. The highest BCUT2D eigenvalue weighted by molar-refractivity contribution is 5.97. The monoisotopic (exact) mass is 947 g/mol. The molecule has 1 heterocycles. The molecule has 0 unspecified atom stereocenters. The summed E-state index contributed by atoms with van der Waals surface area (Å²) in [4.78, 5) is 99.6. The lowest BCUT2D eigenvalue weighted by Crippen LogP contribution is -2.82. The standard InChI is InChI=1S/C53H57NO15/c1-7-17-38(56)67-42-39-29(2)35(65-49(62)41(57)40(31-18-11-8-12-19-31)54-46(59)32-20-13-9-14-21-32)27-53(63,50(39,4)5)45(68-48(61)33-22-15-10-16-23-33)43-51(6,44(42)58)36(66-47(60)34-24-25-34)26-37-52(43,28-64-37)69-30(3)55/h7-23,34-37,40-43,45,57,63H,24-28H2,1-6H3,(H,54,59)/b17-7+/t35-,36-,37+,40-,41+,42+,43-,45-,51+,52-,53+/m0/s1. The summed E-state index contributed by atoms with van der Waals surface area (Å²) in [5.41, 5.74) is -7.28. The van der Waals surface area contributed by atoms with Crippen molar-refractivity contribution in [1.29, 1.82) is 0 Å². The second kappa shape index (κ2) is 18.8. The van der Waals surface area contributed by atoms with Crippen LogP contribution in [-0.4, -0.2) is 106 Å². The molecule has 0 spiro atoms. The quantitative estimate of drug-likeness (QED) is 0.0861. The van der Waals surface area contributed by atoms with Crippen LogP contribution in [0.1, 0.15) is 99.5 Å². The Balaban J connectivity index is 1.31. The maximum Gasteiger partial charge on any atom is 0.338 e. The molecule has 4 aliphatic carbocycles. The van der Waals surface area contributed by atoms with Crippen LogP contribution in [0.25, 0.3) is 0 Å². The lowest BCUT2D eigenvalue weighted by atomic mass is 9.44. The number of ether oxygens (including phenoxy) is 6. The Kier molecular flexibility index (Phi) is 13.3. The van der Waals surface area contributed by atoms with E-state index in [0.717, 1.165) is 13.0 Å². The van der Waals surface area contributed by atoms with Crippen LogP contribution in [0.15, 0.2) is 114 Å². The molecule has 364 valence electrons. The van der Waals surface area contributed by atoms with Gasteiger partial charge in [-0.2, -0.15) is 0 Å². The number of hydrogen-bond acceptors (Lipinski definition) is 15. The lowest BCUT2D eigenvalue weighted by molar-refractivity contribution is -0.346. The van der Waals surface area contributed by atoms with E-state index in [2.05, 4.69) is 5.32 Å². The average molecular weight is 948 g/mol. The summed E-state index contributed by atoms with van der Waals surface area (Å²) in [6, 6.07) is 22.9. The van der Waals surface area contributed by atoms with Crippen LogP contribution in [0.2, 0.25) is 0 Å². The van der Waals surface area contributed by atoms with Gasteiger partial charge in [0.05, 0.1) is 35.5 Å². The normalized spacial score (nSPS) is 30.9. The highest BCUT2D eigenvalue weighted by Crippen LogP contribution is 2.65. The predicted octanol–water partition coefficient (Wildman–Crippen LogP) is 5.25. The number of amides is 1. The number of nitrogens with one attached hydrogen (secondary N) is 1. The second-order valence-electron chi connectivity index (χ2n) is 19.4. The SMILES string of the molecule is C/C=C/C(=O)O[C@H]1C(=O)[C@]2(C)[C@@H](OC(=O)C3CC3)C[C@H]3OC[C@@]3(OC(C)=O)[C@H]2[C@H](OC(=O)c2ccccc2)[C@]2(O)C[C@H](OC(=O)[C@H](O)[C@@H](NC(=O)c3ccccc3)c3ccccc3)C(C)=C1C2(C)C. The summed E-state index contributed by atoms with van der Waals surface area (Å²) in [6.45, 7) is 8.53. The fourth-order valence-corrected chi connectivity index (χ4v) is 11.0. The summed E-state index contributed by atoms with van der Waals surface area (Å²) < 4.78 is 37.4. The Hall–Kier alpha value is -6.49. The van der Waals surface area contributed by atoms with E-state index in [0.29, 0.717) is 18.4 Å². The molecule has 8 rings (SSSR count). The number of Topliss-reactive ketones (excluding diaryl/α,β-unsaturated/α-hetero) is 1. The molecule has 4 fully saturated rings. The number of allylic oxidation sites excluding steroid dienone is 1. The zero-order valence-electron chi connectivity index (χ0n) is 39.2. The third-order valence-electron chi connectivity index (χ3n) is 14.9. The first kappa shape index (κ1) is 48.9. The van der Waals surface area contributed by atoms with Crippen LogP contribution < -0.4 is 5.32 Å². The van der Waals surface area contributed by atoms with Crippen molar-refractivity contribution >= 4 is 41.5 Å². The molecule has 69 heavy (non-hydrogen) atoms. The number of esters is 5. The van der Waals surface area contributed by atoms with Crippen LogP contribution in [0, 0.1) is 22.7 Å². The van der Waals surface area contributed by atoms with E-state index in [-0.39, 0.29) is 35.3 Å². The topological polar surface area (TPSA) is 227 Å². The van der Waals surface area contributed by atoms with Gasteiger partial charge in [0.15, 0.2) is 23.6 Å². The van der Waals surface area contributed by atoms with Gasteiger partial charge in [0, 0.05) is 36.8 Å². The molecule has 5 aliphatic rings. The molecule has 3 aromatic carbocycles. The molecular weight excluding hydrogens is 891 g/mol. The number of hydrogen-bond donors (Lipinski definition) is 3. The van der Waals surface area contributed by atoms with E-state index >= 15 is 4.79 Å². The summed E-state index contributed by atoms with van der Waals surface area (Å²) in [6.07, 6.45) is -6.91. The van der Waals surface area contributed by atoms with E-state index in [1.807, 2.05) is 0 Å². The summed E-state index contributed by atoms with van der Waals surface area (Å²) in [5.74, 6) is -8.02. The molecular formula is C53H57NO15. The molecule has 2 bridgehead atoms. The van der Waals surface area contributed by atoms with Crippen LogP contribution in [0.3, 0.4) is 0 Å². The summed E-state index contributed by atoms with van der Waals surface area (Å²) in [5, 5.41) is 28.7. The predicted molar refractivity (Wildman–Crippen MR) is 243 cm³/mol. The minimum Gasteiger partial charge on any atom is -0.461 e. The van der Waals surface area contributed by atoms with Crippen molar-refractivity contribution in [2.24, 2.45) is 22.7 Å². The van der Waals surface area contributed by atoms with Crippen molar-refractivity contribution in [2.45, 2.75) is 121 Å². The number of ketones is 1. The molecule has 3 N–H and O–H groups in total. The third-order valence-corrected chi connectivity index (χ3v) is 14.9. The minimum absolute atomic E-state index is 0.0235. The van der Waals surface area contributed by atoms with Gasteiger partial charge in [-0.05, 0) is 74.6 Å². The number of fused-ring (bicyclic) bond motifs is 5. The first-order valence-electron chi connectivity index (χ1n) is 23.2. The van der Waals surface area contributed by atoms with E-state index in [1.165, 1.54) is 32.1 Å². The van der Waals surface area contributed by atoms with Gasteiger partial charge in [0.25, 0.3) is 5.91 Å². The van der Waals surface area contributed by atoms with Crippen LogP contribution in [-0.2, 0) is 52.4 Å². The maximum atomic E-state index is 16.2. The Morgan fingerprint density at radius 3 is 2.01 bits per heavy atom. The average Bonchev–Trinajstić information content (AvgIpc) is 4.18. The number of carbonyl (C=O) groups is 7. The maximum absolute atomic E-state index is 16.2. The lowest BCUT2D eigenvalue weighted by Gasteiger charge is -2.67. The molecule has 3 aromatic rings. The van der Waals surface area contributed by atoms with Gasteiger partial charge in [-0.3, -0.25) is 19.2 Å². The molecule has 0 radical (unpaired) electrons. The zero-order chi connectivity index (χ0) is 49.6. The zero-order valence-corrected chi connectivity index (χ0v) is 39.2. The molecule has 11 atom stereocenters. The van der Waals surface area contributed by atoms with Crippen LogP contribution in [0.5, 0.6) is 0 Å². The van der Waals surface area contributed by atoms with Gasteiger partial charge in [-0.15, -0.1) is 0 Å². The van der Waals surface area contributed by atoms with Crippen molar-refractivity contribution < 1.29 is 72.2 Å². The van der Waals surface area contributed by atoms with Gasteiger partial charge >= 0.3 is 29.8 Å². The first-order valence-corrected chi connectivity index (χ1v) is 23.2. The highest BCUT2D eigenvalue weighted by atomic mass is 16.6. The third kappa shape index (κ3) is 8.67. The fourth-order valence-electron chi connectivity index (χ4n) is 11.0. The number of benzene rings is 3. The molecule has 3 saturated carbocycles. The minimum atomic E-state index is -2.45. The van der Waals surface area contributed by atoms with E-state index in [1.54, 1.807) is 99.6 Å². The fraction of sp³-hybridized carbons (Fsp3) is 0.453. The van der Waals surface area contributed by atoms with E-state index in [4.69, 9.17) is 28.4 Å².